The second-order valence-corrected chi connectivity index (χ2v) is 8.99. The molecule has 2 aromatic rings. The number of benzene rings is 1. The first-order valence-corrected chi connectivity index (χ1v) is 11.5. The van der Waals surface area contributed by atoms with Gasteiger partial charge in [0.05, 0.1) is 16.7 Å². The molecule has 5 rings (SSSR count). The molecule has 4 heterocycles. The molecule has 0 bridgehead atoms. The number of anilines is 1. The molecule has 188 valence electrons. The number of piperazine rings is 1. The van der Waals surface area contributed by atoms with Crippen molar-refractivity contribution in [3.05, 3.63) is 58.8 Å². The van der Waals surface area contributed by atoms with Crippen molar-refractivity contribution in [1.82, 2.24) is 20.1 Å². The Morgan fingerprint density at radius 2 is 1.67 bits per heavy atom. The van der Waals surface area contributed by atoms with Crippen LogP contribution in [0.2, 0.25) is 0 Å². The molecule has 2 fully saturated rings. The average Bonchev–Trinajstić information content (AvgIpc) is 3.09. The third kappa shape index (κ3) is 4.43. The maximum atomic E-state index is 13.0. The number of pyridine rings is 1. The van der Waals surface area contributed by atoms with E-state index in [4.69, 9.17) is 0 Å². The van der Waals surface area contributed by atoms with Crippen LogP contribution < -0.4 is 10.2 Å². The highest BCUT2D eigenvalue weighted by atomic mass is 19.4. The predicted octanol–water partition coefficient (Wildman–Crippen LogP) is 1.82. The zero-order valence-electron chi connectivity index (χ0n) is 19.0. The van der Waals surface area contributed by atoms with Crippen molar-refractivity contribution < 1.29 is 32.3 Å². The predicted molar refractivity (Wildman–Crippen MR) is 120 cm³/mol. The molecule has 4 amide bonds. The topological polar surface area (TPSA) is 103 Å². The molecule has 9 nitrogen and oxygen atoms in total. The van der Waals surface area contributed by atoms with Crippen LogP contribution >= 0.6 is 0 Å². The number of aromatic nitrogens is 1. The Hall–Kier alpha value is -3.80. The molecule has 1 unspecified atom stereocenters. The molecule has 1 atom stereocenters. The monoisotopic (exact) mass is 501 g/mol. The van der Waals surface area contributed by atoms with Gasteiger partial charge in [-0.15, -0.1) is 0 Å². The Labute approximate surface area is 203 Å². The van der Waals surface area contributed by atoms with Gasteiger partial charge < -0.3 is 4.90 Å². The summed E-state index contributed by atoms with van der Waals surface area (Å²) in [7, 11) is 0. The first-order valence-electron chi connectivity index (χ1n) is 11.5. The zero-order chi connectivity index (χ0) is 25.6. The largest absolute Gasteiger partial charge is 0.417 e. The average molecular weight is 501 g/mol. The fourth-order valence-corrected chi connectivity index (χ4v) is 4.75. The Balaban J connectivity index is 1.22. The number of nitrogens with one attached hydrogen (secondary N) is 1. The van der Waals surface area contributed by atoms with Gasteiger partial charge >= 0.3 is 6.18 Å². The highest BCUT2D eigenvalue weighted by molar-refractivity contribution is 6.23. The summed E-state index contributed by atoms with van der Waals surface area (Å²) >= 11 is 0. The third-order valence-corrected chi connectivity index (χ3v) is 6.68. The summed E-state index contributed by atoms with van der Waals surface area (Å²) in [6.45, 7) is 2.93. The van der Waals surface area contributed by atoms with Crippen molar-refractivity contribution in [2.45, 2.75) is 31.6 Å². The van der Waals surface area contributed by atoms with E-state index in [-0.39, 0.29) is 24.0 Å². The highest BCUT2D eigenvalue weighted by Gasteiger charge is 2.44. The van der Waals surface area contributed by atoms with E-state index < -0.39 is 41.4 Å². The molecule has 1 aromatic heterocycles. The molecule has 3 aliphatic rings. The molecule has 12 heteroatoms. The van der Waals surface area contributed by atoms with E-state index in [1.54, 1.807) is 18.2 Å². The first kappa shape index (κ1) is 23.9. The molecule has 0 spiro atoms. The summed E-state index contributed by atoms with van der Waals surface area (Å²) in [5, 5.41) is 2.18. The summed E-state index contributed by atoms with van der Waals surface area (Å²) in [5.41, 5.74) is 0.494. The van der Waals surface area contributed by atoms with Crippen molar-refractivity contribution >= 4 is 29.4 Å². The number of amides is 4. The number of carbonyl (C=O) groups is 4. The van der Waals surface area contributed by atoms with Crippen molar-refractivity contribution in [2.75, 3.05) is 31.1 Å². The standard InChI is InChI=1S/C24H22F3N5O4/c25-24(26,27)15-2-5-19(28-12-15)31-9-7-30(8-10-31)13-14-1-3-16-17(11-14)23(36)32(22(16)35)18-4-6-20(33)29-21(18)34/h1-3,5,11-12,18H,4,6-10,13H2,(H,29,33,34). The second-order valence-electron chi connectivity index (χ2n) is 8.99. The molecular weight excluding hydrogens is 479 g/mol. The van der Waals surface area contributed by atoms with E-state index in [9.17, 15) is 32.3 Å². The number of alkyl halides is 3. The number of carbonyl (C=O) groups excluding carboxylic acids is 4. The lowest BCUT2D eigenvalue weighted by molar-refractivity contribution is -0.138. The van der Waals surface area contributed by atoms with Gasteiger partial charge in [0.15, 0.2) is 0 Å². The Morgan fingerprint density at radius 1 is 0.944 bits per heavy atom. The molecule has 0 saturated carbocycles. The van der Waals surface area contributed by atoms with Crippen LogP contribution in [0.5, 0.6) is 0 Å². The smallest absolute Gasteiger partial charge is 0.354 e. The number of imide groups is 2. The minimum Gasteiger partial charge on any atom is -0.354 e. The number of piperidine rings is 1. The van der Waals surface area contributed by atoms with Crippen molar-refractivity contribution in [3.63, 3.8) is 0 Å². The van der Waals surface area contributed by atoms with Gasteiger partial charge in [-0.3, -0.25) is 34.3 Å². The normalized spacial score (nSPS) is 21.1. The van der Waals surface area contributed by atoms with Gasteiger partial charge in [-0.25, -0.2) is 4.98 Å². The maximum absolute atomic E-state index is 13.0. The van der Waals surface area contributed by atoms with Gasteiger partial charge in [0.2, 0.25) is 11.8 Å². The van der Waals surface area contributed by atoms with Crippen molar-refractivity contribution in [3.8, 4) is 0 Å². The molecular formula is C24H22F3N5O4. The van der Waals surface area contributed by atoms with Crippen molar-refractivity contribution in [2.24, 2.45) is 0 Å². The van der Waals surface area contributed by atoms with Crippen LogP contribution in [-0.2, 0) is 22.3 Å². The molecule has 3 aliphatic heterocycles. The zero-order valence-corrected chi connectivity index (χ0v) is 19.0. The van der Waals surface area contributed by atoms with E-state index in [0.29, 0.717) is 38.5 Å². The van der Waals surface area contributed by atoms with Crippen LogP contribution in [0.15, 0.2) is 36.5 Å². The minimum atomic E-state index is -4.43. The number of halogens is 3. The maximum Gasteiger partial charge on any atom is 0.417 e. The number of nitrogens with zero attached hydrogens (tertiary/aromatic N) is 4. The lowest BCUT2D eigenvalue weighted by atomic mass is 10.0. The lowest BCUT2D eigenvalue weighted by Crippen LogP contribution is -2.54. The molecule has 0 aliphatic carbocycles. The van der Waals surface area contributed by atoms with Crippen molar-refractivity contribution in [1.29, 1.82) is 0 Å². The third-order valence-electron chi connectivity index (χ3n) is 6.68. The lowest BCUT2D eigenvalue weighted by Gasteiger charge is -2.35. The Morgan fingerprint density at radius 3 is 2.31 bits per heavy atom. The van der Waals surface area contributed by atoms with Crippen LogP contribution in [-0.4, -0.2) is 70.6 Å². The van der Waals surface area contributed by atoms with E-state index in [0.717, 1.165) is 22.7 Å². The quantitative estimate of drug-likeness (QED) is 0.638. The van der Waals surface area contributed by atoms with E-state index in [1.165, 1.54) is 6.07 Å². The number of rotatable bonds is 4. The molecule has 1 N–H and O–H groups in total. The van der Waals surface area contributed by atoms with Gasteiger partial charge in [-0.2, -0.15) is 13.2 Å². The minimum absolute atomic E-state index is 0.0586. The van der Waals surface area contributed by atoms with Crippen LogP contribution in [0.3, 0.4) is 0 Å². The molecule has 36 heavy (non-hydrogen) atoms. The fourth-order valence-electron chi connectivity index (χ4n) is 4.75. The first-order chi connectivity index (χ1) is 17.1. The summed E-state index contributed by atoms with van der Waals surface area (Å²) in [5.74, 6) is -1.69. The number of hydrogen-bond donors (Lipinski definition) is 1. The molecule has 2 saturated heterocycles. The summed E-state index contributed by atoms with van der Waals surface area (Å²) in [6.07, 6.45) is -3.43. The number of hydrogen-bond acceptors (Lipinski definition) is 7. The summed E-state index contributed by atoms with van der Waals surface area (Å²) in [4.78, 5) is 58.4. The van der Waals surface area contributed by atoms with E-state index in [1.807, 2.05) is 4.90 Å². The molecule has 0 radical (unpaired) electrons. The van der Waals surface area contributed by atoms with Crippen LogP contribution in [0.25, 0.3) is 0 Å². The van der Waals surface area contributed by atoms with Crippen LogP contribution in [0.4, 0.5) is 19.0 Å². The SMILES string of the molecule is O=C1CCC(N2C(=O)c3ccc(CN4CCN(c5ccc(C(F)(F)F)cn5)CC4)cc3C2=O)C(=O)N1. The van der Waals surface area contributed by atoms with Gasteiger partial charge in [0.1, 0.15) is 11.9 Å². The van der Waals surface area contributed by atoms with Crippen LogP contribution in [0.1, 0.15) is 44.7 Å². The number of fused-ring (bicyclic) bond motifs is 1. The van der Waals surface area contributed by atoms with Gasteiger partial charge in [0, 0.05) is 45.3 Å². The summed E-state index contributed by atoms with van der Waals surface area (Å²) < 4.78 is 38.3. The Kier molecular flexibility index (Phi) is 5.99. The van der Waals surface area contributed by atoms with E-state index >= 15 is 0 Å². The highest BCUT2D eigenvalue weighted by Crippen LogP contribution is 2.30. The van der Waals surface area contributed by atoms with Crippen LogP contribution in [0, 0.1) is 0 Å². The fraction of sp³-hybridized carbons (Fsp3) is 0.375. The Bertz CT molecular complexity index is 1240. The summed E-state index contributed by atoms with van der Waals surface area (Å²) in [6, 6.07) is 6.39. The second kappa shape index (κ2) is 9.01. The van der Waals surface area contributed by atoms with Gasteiger partial charge in [-0.1, -0.05) is 6.07 Å². The van der Waals surface area contributed by atoms with Gasteiger partial charge in [-0.05, 0) is 36.2 Å². The molecule has 1 aromatic carbocycles. The van der Waals surface area contributed by atoms with E-state index in [2.05, 4.69) is 15.2 Å². The van der Waals surface area contributed by atoms with Gasteiger partial charge in [0.25, 0.3) is 11.8 Å².